The van der Waals surface area contributed by atoms with Gasteiger partial charge in [0.25, 0.3) is 5.91 Å². The molecule has 0 aliphatic heterocycles. The number of hydrogen-bond acceptors (Lipinski definition) is 5. The third-order valence-electron chi connectivity index (χ3n) is 3.93. The number of carbonyl (C=O) groups is 3. The van der Waals surface area contributed by atoms with Crippen LogP contribution in [-0.4, -0.2) is 49.5 Å². The Morgan fingerprint density at radius 1 is 1.00 bits per heavy atom. The molecular weight excluding hydrogens is 396 g/mol. The number of ether oxygens (including phenoxy) is 2. The van der Waals surface area contributed by atoms with Crippen molar-refractivity contribution in [3.63, 3.8) is 0 Å². The second kappa shape index (κ2) is 10.5. The molecule has 0 saturated heterocycles. The number of hydrogen-bond donors (Lipinski definition) is 1. The first-order valence-electron chi connectivity index (χ1n) is 8.89. The number of likely N-dealkylation sites (N-methyl/N-ethyl adjacent to an activating group) is 1. The summed E-state index contributed by atoms with van der Waals surface area (Å²) in [5, 5.41) is 3.07. The number of halogens is 1. The lowest BCUT2D eigenvalue weighted by molar-refractivity contribution is -0.153. The molecule has 2 amide bonds. The predicted molar refractivity (Wildman–Crippen MR) is 110 cm³/mol. The largest absolute Gasteiger partial charge is 0.480 e. The van der Waals surface area contributed by atoms with Crippen molar-refractivity contribution in [2.45, 2.75) is 13.8 Å². The van der Waals surface area contributed by atoms with Gasteiger partial charge in [0.15, 0.2) is 13.2 Å². The van der Waals surface area contributed by atoms with Crippen LogP contribution in [0.25, 0.3) is 0 Å². The first-order chi connectivity index (χ1) is 13.7. The number of carbonyl (C=O) groups excluding carboxylic acids is 3. The van der Waals surface area contributed by atoms with Gasteiger partial charge in [-0.2, -0.15) is 0 Å². The van der Waals surface area contributed by atoms with Crippen LogP contribution in [0.2, 0.25) is 5.02 Å². The molecule has 0 aliphatic rings. The molecule has 1 N–H and O–H groups in total. The van der Waals surface area contributed by atoms with E-state index in [4.69, 9.17) is 21.1 Å². The Morgan fingerprint density at radius 3 is 2.34 bits per heavy atom. The van der Waals surface area contributed by atoms with Gasteiger partial charge in [-0.15, -0.1) is 0 Å². The molecule has 0 bridgehead atoms. The molecule has 0 radical (unpaired) electrons. The zero-order valence-electron chi connectivity index (χ0n) is 16.5. The highest BCUT2D eigenvalue weighted by Crippen LogP contribution is 2.25. The lowest BCUT2D eigenvalue weighted by atomic mass is 10.2. The Morgan fingerprint density at radius 2 is 1.66 bits per heavy atom. The van der Waals surface area contributed by atoms with Crippen molar-refractivity contribution in [2.24, 2.45) is 0 Å². The fourth-order valence-electron chi connectivity index (χ4n) is 2.29. The smallest absolute Gasteiger partial charge is 0.344 e. The molecule has 0 unspecified atom stereocenters. The van der Waals surface area contributed by atoms with Crippen LogP contribution in [-0.2, 0) is 19.1 Å². The maximum atomic E-state index is 12.1. The molecule has 2 aromatic carbocycles. The number of nitrogens with zero attached hydrogens (tertiary/aromatic N) is 1. The van der Waals surface area contributed by atoms with E-state index in [0.717, 1.165) is 11.1 Å². The summed E-state index contributed by atoms with van der Waals surface area (Å²) in [6.07, 6.45) is 0. The molecule has 0 heterocycles. The average molecular weight is 419 g/mol. The van der Waals surface area contributed by atoms with E-state index in [1.54, 1.807) is 24.3 Å². The van der Waals surface area contributed by atoms with Gasteiger partial charge in [-0.1, -0.05) is 35.4 Å². The van der Waals surface area contributed by atoms with Crippen molar-refractivity contribution in [3.8, 4) is 5.75 Å². The molecular formula is C21H23ClN2O5. The summed E-state index contributed by atoms with van der Waals surface area (Å²) in [6, 6.07) is 12.5. The third-order valence-corrected chi connectivity index (χ3v) is 4.24. The SMILES string of the molecule is Cc1ccc(NC(=O)CN(C)C(=O)COC(=O)COc2cc(C)ccc2Cl)cc1. The zero-order valence-corrected chi connectivity index (χ0v) is 17.3. The second-order valence-corrected chi connectivity index (χ2v) is 6.95. The van der Waals surface area contributed by atoms with Crippen LogP contribution < -0.4 is 10.1 Å². The van der Waals surface area contributed by atoms with Gasteiger partial charge in [0.2, 0.25) is 5.91 Å². The minimum Gasteiger partial charge on any atom is -0.480 e. The molecule has 0 atom stereocenters. The minimum absolute atomic E-state index is 0.167. The van der Waals surface area contributed by atoms with Crippen LogP contribution in [0, 0.1) is 13.8 Å². The van der Waals surface area contributed by atoms with E-state index >= 15 is 0 Å². The van der Waals surface area contributed by atoms with E-state index in [1.807, 2.05) is 32.0 Å². The molecule has 154 valence electrons. The van der Waals surface area contributed by atoms with Crippen LogP contribution in [0.1, 0.15) is 11.1 Å². The molecule has 0 aliphatic carbocycles. The molecule has 7 nitrogen and oxygen atoms in total. The normalized spacial score (nSPS) is 10.2. The Bertz CT molecular complexity index is 883. The number of anilines is 1. The van der Waals surface area contributed by atoms with Crippen LogP contribution in [0.5, 0.6) is 5.75 Å². The first kappa shape index (κ1) is 22.2. The average Bonchev–Trinajstić information content (AvgIpc) is 2.68. The minimum atomic E-state index is -0.714. The van der Waals surface area contributed by atoms with Crippen molar-refractivity contribution in [1.29, 1.82) is 0 Å². The van der Waals surface area contributed by atoms with Crippen molar-refractivity contribution in [3.05, 3.63) is 58.6 Å². The van der Waals surface area contributed by atoms with E-state index in [0.29, 0.717) is 16.5 Å². The molecule has 8 heteroatoms. The zero-order chi connectivity index (χ0) is 21.4. The molecule has 2 rings (SSSR count). The van der Waals surface area contributed by atoms with Gasteiger partial charge < -0.3 is 19.7 Å². The maximum Gasteiger partial charge on any atom is 0.344 e. The Hall–Kier alpha value is -3.06. The lowest BCUT2D eigenvalue weighted by Crippen LogP contribution is -2.37. The summed E-state index contributed by atoms with van der Waals surface area (Å²) in [5.74, 6) is -1.22. The summed E-state index contributed by atoms with van der Waals surface area (Å²) in [5.41, 5.74) is 2.64. The molecule has 0 aromatic heterocycles. The highest BCUT2D eigenvalue weighted by atomic mass is 35.5. The lowest BCUT2D eigenvalue weighted by Gasteiger charge is -2.17. The van der Waals surface area contributed by atoms with Gasteiger partial charge in [0.05, 0.1) is 11.6 Å². The fraction of sp³-hybridized carbons (Fsp3) is 0.286. The Balaban J connectivity index is 1.73. The fourth-order valence-corrected chi connectivity index (χ4v) is 2.47. The van der Waals surface area contributed by atoms with Crippen molar-refractivity contribution >= 4 is 35.1 Å². The number of esters is 1. The van der Waals surface area contributed by atoms with E-state index in [9.17, 15) is 14.4 Å². The number of nitrogens with one attached hydrogen (secondary N) is 1. The van der Waals surface area contributed by atoms with Gasteiger partial charge in [-0.3, -0.25) is 9.59 Å². The third kappa shape index (κ3) is 7.46. The van der Waals surface area contributed by atoms with E-state index in [1.165, 1.54) is 11.9 Å². The van der Waals surface area contributed by atoms with Gasteiger partial charge in [-0.25, -0.2) is 4.79 Å². The van der Waals surface area contributed by atoms with Gasteiger partial charge in [-0.05, 0) is 43.7 Å². The summed E-state index contributed by atoms with van der Waals surface area (Å²) >= 11 is 5.99. The number of rotatable bonds is 8. The van der Waals surface area contributed by atoms with Gasteiger partial charge in [0.1, 0.15) is 5.75 Å². The Labute approximate surface area is 174 Å². The summed E-state index contributed by atoms with van der Waals surface area (Å²) < 4.78 is 10.2. The van der Waals surface area contributed by atoms with Gasteiger partial charge in [0, 0.05) is 12.7 Å². The first-order valence-corrected chi connectivity index (χ1v) is 9.27. The van der Waals surface area contributed by atoms with Crippen molar-refractivity contribution in [1.82, 2.24) is 4.90 Å². The summed E-state index contributed by atoms with van der Waals surface area (Å²) in [6.45, 7) is 2.77. The van der Waals surface area contributed by atoms with E-state index in [-0.39, 0.29) is 19.1 Å². The quantitative estimate of drug-likeness (QED) is 0.666. The Kier molecular flexibility index (Phi) is 8.03. The standard InChI is InChI=1S/C21H23ClN2O5/c1-14-4-7-16(8-5-14)23-19(25)11-24(3)20(26)12-29-21(27)13-28-18-10-15(2)6-9-17(18)22/h4-10H,11-13H2,1-3H3,(H,23,25). The second-order valence-electron chi connectivity index (χ2n) is 6.55. The maximum absolute atomic E-state index is 12.1. The molecule has 0 fully saturated rings. The van der Waals surface area contributed by atoms with Crippen molar-refractivity contribution in [2.75, 3.05) is 32.1 Å². The van der Waals surface area contributed by atoms with Gasteiger partial charge >= 0.3 is 5.97 Å². The summed E-state index contributed by atoms with van der Waals surface area (Å²) in [4.78, 5) is 37.0. The predicted octanol–water partition coefficient (Wildman–Crippen LogP) is 2.98. The monoisotopic (exact) mass is 418 g/mol. The van der Waals surface area contributed by atoms with Crippen LogP contribution in [0.3, 0.4) is 0 Å². The van der Waals surface area contributed by atoms with Crippen LogP contribution in [0.4, 0.5) is 5.69 Å². The van der Waals surface area contributed by atoms with Crippen molar-refractivity contribution < 1.29 is 23.9 Å². The summed E-state index contributed by atoms with van der Waals surface area (Å²) in [7, 11) is 1.45. The highest BCUT2D eigenvalue weighted by molar-refractivity contribution is 6.32. The van der Waals surface area contributed by atoms with E-state index < -0.39 is 18.5 Å². The number of aryl methyl sites for hydroxylation is 2. The topological polar surface area (TPSA) is 84.9 Å². The molecule has 29 heavy (non-hydrogen) atoms. The molecule has 0 saturated carbocycles. The number of amides is 2. The van der Waals surface area contributed by atoms with Crippen LogP contribution in [0.15, 0.2) is 42.5 Å². The highest BCUT2D eigenvalue weighted by Gasteiger charge is 2.16. The number of benzene rings is 2. The van der Waals surface area contributed by atoms with E-state index in [2.05, 4.69) is 5.32 Å². The molecule has 0 spiro atoms. The molecule has 2 aromatic rings. The van der Waals surface area contributed by atoms with Crippen LogP contribution >= 0.6 is 11.6 Å².